The Kier molecular flexibility index (Phi) is 7.62. The number of nitrogens with one attached hydrogen (secondary N) is 1. The summed E-state index contributed by atoms with van der Waals surface area (Å²) in [6, 6.07) is 20.7. The van der Waals surface area contributed by atoms with Crippen LogP contribution in [0.4, 0.5) is 14.9 Å². The quantitative estimate of drug-likeness (QED) is 0.414. The van der Waals surface area contributed by atoms with Gasteiger partial charge in [0.15, 0.2) is 0 Å². The fraction of sp³-hybridized carbons (Fsp3) is 0.148. The standard InChI is InChI=1S/C27H23FN2O4S/c1-2-18-11-13-21(14-12-18)29-25(31)16-30-26(32)24(35-27(30)33)15-19-7-4-6-10-23(19)34-17-20-8-3-5-9-22(20)28/h3-15H,2,16-17H2,1H3,(H,29,31)/b24-15+. The summed E-state index contributed by atoms with van der Waals surface area (Å²) < 4.78 is 19.7. The number of ether oxygens (including phenoxy) is 1. The summed E-state index contributed by atoms with van der Waals surface area (Å²) in [6.45, 7) is 1.66. The average Bonchev–Trinajstić information content (AvgIpc) is 3.12. The minimum atomic E-state index is -0.555. The molecule has 4 rings (SSSR count). The van der Waals surface area contributed by atoms with E-state index in [1.165, 1.54) is 6.07 Å². The molecule has 0 saturated carbocycles. The SMILES string of the molecule is CCc1ccc(NC(=O)CN2C(=O)S/C(=C/c3ccccc3OCc3ccccc3F)C2=O)cc1. The number of thioether (sulfide) groups is 1. The minimum Gasteiger partial charge on any atom is -0.488 e. The van der Waals surface area contributed by atoms with E-state index < -0.39 is 17.1 Å². The second-order valence-corrected chi connectivity index (χ2v) is 8.78. The number of benzene rings is 3. The number of hydrogen-bond acceptors (Lipinski definition) is 5. The third-order valence-corrected chi connectivity index (χ3v) is 6.28. The van der Waals surface area contributed by atoms with E-state index in [2.05, 4.69) is 5.32 Å². The zero-order valence-corrected chi connectivity index (χ0v) is 19.8. The van der Waals surface area contributed by atoms with Gasteiger partial charge in [-0.25, -0.2) is 4.39 Å². The molecule has 1 heterocycles. The van der Waals surface area contributed by atoms with Crippen molar-refractivity contribution in [2.24, 2.45) is 0 Å². The number of para-hydroxylation sites is 1. The molecule has 0 aliphatic carbocycles. The van der Waals surface area contributed by atoms with Gasteiger partial charge in [-0.1, -0.05) is 55.5 Å². The molecule has 1 saturated heterocycles. The van der Waals surface area contributed by atoms with Gasteiger partial charge in [-0.05, 0) is 54.1 Å². The molecule has 0 unspecified atom stereocenters. The van der Waals surface area contributed by atoms with Crippen molar-refractivity contribution in [3.8, 4) is 5.75 Å². The first-order valence-electron chi connectivity index (χ1n) is 11.0. The number of imide groups is 1. The first-order chi connectivity index (χ1) is 16.9. The van der Waals surface area contributed by atoms with Gasteiger partial charge in [-0.2, -0.15) is 0 Å². The molecule has 3 aromatic carbocycles. The van der Waals surface area contributed by atoms with Crippen LogP contribution in [0.1, 0.15) is 23.6 Å². The molecule has 178 valence electrons. The molecule has 0 spiro atoms. The summed E-state index contributed by atoms with van der Waals surface area (Å²) >= 11 is 0.758. The second kappa shape index (κ2) is 11.0. The van der Waals surface area contributed by atoms with Gasteiger partial charge in [0.2, 0.25) is 5.91 Å². The van der Waals surface area contributed by atoms with Gasteiger partial charge in [0.25, 0.3) is 11.1 Å². The monoisotopic (exact) mass is 490 g/mol. The Morgan fingerprint density at radius 3 is 2.49 bits per heavy atom. The van der Waals surface area contributed by atoms with Gasteiger partial charge >= 0.3 is 0 Å². The van der Waals surface area contributed by atoms with Crippen LogP contribution in [0, 0.1) is 5.82 Å². The molecular formula is C27H23FN2O4S. The van der Waals surface area contributed by atoms with Crippen molar-refractivity contribution in [2.75, 3.05) is 11.9 Å². The number of aryl methyl sites for hydroxylation is 1. The lowest BCUT2D eigenvalue weighted by Crippen LogP contribution is -2.36. The fourth-order valence-electron chi connectivity index (χ4n) is 3.45. The summed E-state index contributed by atoms with van der Waals surface area (Å²) in [5.41, 5.74) is 2.70. The Labute approximate surface area is 206 Å². The maximum Gasteiger partial charge on any atom is 0.294 e. The minimum absolute atomic E-state index is 0.0123. The van der Waals surface area contributed by atoms with Crippen LogP contribution < -0.4 is 10.1 Å². The first kappa shape index (κ1) is 24.2. The molecule has 1 aliphatic rings. The Hall–Kier alpha value is -3.91. The molecular weight excluding hydrogens is 467 g/mol. The lowest BCUT2D eigenvalue weighted by Gasteiger charge is -2.13. The highest BCUT2D eigenvalue weighted by Crippen LogP contribution is 2.34. The maximum absolute atomic E-state index is 13.9. The summed E-state index contributed by atoms with van der Waals surface area (Å²) in [5.74, 6) is -0.951. The number of rotatable bonds is 8. The van der Waals surface area contributed by atoms with Crippen LogP contribution in [0.2, 0.25) is 0 Å². The van der Waals surface area contributed by atoms with E-state index in [0.717, 1.165) is 28.6 Å². The Balaban J connectivity index is 1.44. The van der Waals surface area contributed by atoms with Gasteiger partial charge in [0.1, 0.15) is 24.7 Å². The molecule has 0 radical (unpaired) electrons. The average molecular weight is 491 g/mol. The third-order valence-electron chi connectivity index (χ3n) is 5.37. The van der Waals surface area contributed by atoms with E-state index in [4.69, 9.17) is 4.74 Å². The summed E-state index contributed by atoms with van der Waals surface area (Å²) in [6.07, 6.45) is 2.43. The van der Waals surface area contributed by atoms with Gasteiger partial charge in [0, 0.05) is 16.8 Å². The largest absolute Gasteiger partial charge is 0.488 e. The molecule has 1 fully saturated rings. The van der Waals surface area contributed by atoms with E-state index in [1.807, 2.05) is 19.1 Å². The number of hydrogen-bond donors (Lipinski definition) is 1. The van der Waals surface area contributed by atoms with E-state index in [9.17, 15) is 18.8 Å². The van der Waals surface area contributed by atoms with Crippen LogP contribution in [0.25, 0.3) is 6.08 Å². The molecule has 0 bridgehead atoms. The molecule has 1 aliphatic heterocycles. The number of halogens is 1. The van der Waals surface area contributed by atoms with Crippen molar-refractivity contribution in [2.45, 2.75) is 20.0 Å². The number of carbonyl (C=O) groups is 3. The zero-order chi connectivity index (χ0) is 24.8. The zero-order valence-electron chi connectivity index (χ0n) is 19.0. The van der Waals surface area contributed by atoms with Crippen molar-refractivity contribution < 1.29 is 23.5 Å². The van der Waals surface area contributed by atoms with Crippen molar-refractivity contribution >= 4 is 40.6 Å². The number of anilines is 1. The normalized spacial score (nSPS) is 14.5. The highest BCUT2D eigenvalue weighted by atomic mass is 32.2. The van der Waals surface area contributed by atoms with Crippen LogP contribution in [-0.4, -0.2) is 28.5 Å². The first-order valence-corrected chi connectivity index (χ1v) is 11.9. The highest BCUT2D eigenvalue weighted by molar-refractivity contribution is 8.18. The van der Waals surface area contributed by atoms with E-state index in [0.29, 0.717) is 22.6 Å². The molecule has 8 heteroatoms. The van der Waals surface area contributed by atoms with E-state index in [-0.39, 0.29) is 23.9 Å². The van der Waals surface area contributed by atoms with Crippen LogP contribution in [0.15, 0.2) is 77.7 Å². The van der Waals surface area contributed by atoms with E-state index in [1.54, 1.807) is 60.7 Å². The molecule has 1 N–H and O–H groups in total. The van der Waals surface area contributed by atoms with Gasteiger partial charge < -0.3 is 10.1 Å². The topological polar surface area (TPSA) is 75.7 Å². The lowest BCUT2D eigenvalue weighted by atomic mass is 10.1. The van der Waals surface area contributed by atoms with Crippen molar-refractivity contribution in [1.29, 1.82) is 0 Å². The number of nitrogens with zero attached hydrogens (tertiary/aromatic N) is 1. The molecule has 0 aromatic heterocycles. The van der Waals surface area contributed by atoms with Gasteiger partial charge in [-0.15, -0.1) is 0 Å². The van der Waals surface area contributed by atoms with Crippen molar-refractivity contribution in [3.05, 3.63) is 100 Å². The van der Waals surface area contributed by atoms with E-state index >= 15 is 0 Å². The van der Waals surface area contributed by atoms with Crippen LogP contribution in [0.5, 0.6) is 5.75 Å². The molecule has 3 aromatic rings. The summed E-state index contributed by atoms with van der Waals surface area (Å²) in [5, 5.41) is 2.18. The fourth-order valence-corrected chi connectivity index (χ4v) is 4.28. The predicted molar refractivity (Wildman–Crippen MR) is 134 cm³/mol. The van der Waals surface area contributed by atoms with Crippen LogP contribution >= 0.6 is 11.8 Å². The van der Waals surface area contributed by atoms with Crippen LogP contribution in [0.3, 0.4) is 0 Å². The molecule has 3 amide bonds. The Morgan fingerprint density at radius 2 is 1.74 bits per heavy atom. The lowest BCUT2D eigenvalue weighted by molar-refractivity contribution is -0.127. The molecule has 0 atom stereocenters. The predicted octanol–water partition coefficient (Wildman–Crippen LogP) is 5.64. The molecule has 6 nitrogen and oxygen atoms in total. The molecule has 35 heavy (non-hydrogen) atoms. The van der Waals surface area contributed by atoms with Crippen molar-refractivity contribution in [3.63, 3.8) is 0 Å². The Morgan fingerprint density at radius 1 is 1.03 bits per heavy atom. The smallest absolute Gasteiger partial charge is 0.294 e. The second-order valence-electron chi connectivity index (χ2n) is 7.78. The maximum atomic E-state index is 13.9. The van der Waals surface area contributed by atoms with Gasteiger partial charge in [0.05, 0.1) is 4.91 Å². The number of carbonyl (C=O) groups excluding carboxylic acids is 3. The summed E-state index contributed by atoms with van der Waals surface area (Å²) in [4.78, 5) is 38.9. The van der Waals surface area contributed by atoms with Gasteiger partial charge in [-0.3, -0.25) is 19.3 Å². The highest BCUT2D eigenvalue weighted by Gasteiger charge is 2.36. The Bertz CT molecular complexity index is 1290. The number of amides is 3. The van der Waals surface area contributed by atoms with Crippen molar-refractivity contribution in [1.82, 2.24) is 4.90 Å². The summed E-state index contributed by atoms with van der Waals surface area (Å²) in [7, 11) is 0. The van der Waals surface area contributed by atoms with Crippen LogP contribution in [-0.2, 0) is 22.6 Å². The third kappa shape index (κ3) is 5.96.